The third kappa shape index (κ3) is 6.74. The molecule has 0 bridgehead atoms. The van der Waals surface area contributed by atoms with Gasteiger partial charge in [-0.15, -0.1) is 11.3 Å². The molecule has 2 aromatic rings. The molecule has 2 rings (SSSR count). The first-order valence-corrected chi connectivity index (χ1v) is 9.78. The van der Waals surface area contributed by atoms with Crippen molar-refractivity contribution < 1.29 is 0 Å². The number of nitrogens with zero attached hydrogens (tertiary/aromatic N) is 3. The van der Waals surface area contributed by atoms with Crippen LogP contribution in [0.1, 0.15) is 30.2 Å². The van der Waals surface area contributed by atoms with Crippen molar-refractivity contribution in [3.63, 3.8) is 0 Å². The minimum absolute atomic E-state index is 0.673. The minimum Gasteiger partial charge on any atom is -0.372 e. The molecule has 0 radical (unpaired) electrons. The highest BCUT2D eigenvalue weighted by atomic mass is 32.1. The van der Waals surface area contributed by atoms with Gasteiger partial charge in [-0.1, -0.05) is 18.2 Å². The van der Waals surface area contributed by atoms with E-state index >= 15 is 0 Å². The quantitative estimate of drug-likeness (QED) is 0.409. The van der Waals surface area contributed by atoms with Crippen LogP contribution in [0, 0.1) is 6.92 Å². The van der Waals surface area contributed by atoms with Crippen LogP contribution in [-0.2, 0) is 6.54 Å². The van der Waals surface area contributed by atoms with E-state index in [1.165, 1.54) is 10.6 Å². The third-order valence-corrected chi connectivity index (χ3v) is 4.70. The zero-order valence-corrected chi connectivity index (χ0v) is 16.3. The number of thiazole rings is 1. The van der Waals surface area contributed by atoms with Crippen LogP contribution < -0.4 is 15.5 Å². The summed E-state index contributed by atoms with van der Waals surface area (Å²) in [7, 11) is 0. The Hall–Kier alpha value is -2.08. The zero-order chi connectivity index (χ0) is 17.9. The van der Waals surface area contributed by atoms with E-state index in [9.17, 15) is 0 Å². The second kappa shape index (κ2) is 10.7. The summed E-state index contributed by atoms with van der Waals surface area (Å²) in [4.78, 5) is 12.5. The van der Waals surface area contributed by atoms with Crippen molar-refractivity contribution in [3.8, 4) is 0 Å². The second-order valence-corrected chi connectivity index (χ2v) is 7.06. The lowest BCUT2D eigenvalue weighted by molar-refractivity contribution is 0.709. The van der Waals surface area contributed by atoms with Crippen molar-refractivity contribution in [1.82, 2.24) is 15.6 Å². The van der Waals surface area contributed by atoms with Gasteiger partial charge < -0.3 is 15.5 Å². The van der Waals surface area contributed by atoms with E-state index in [-0.39, 0.29) is 0 Å². The molecule has 0 spiro atoms. The molecule has 5 nitrogen and oxygen atoms in total. The van der Waals surface area contributed by atoms with Crippen molar-refractivity contribution in [3.05, 3.63) is 46.4 Å². The van der Waals surface area contributed by atoms with E-state index in [2.05, 4.69) is 69.7 Å². The largest absolute Gasteiger partial charge is 0.372 e. The van der Waals surface area contributed by atoms with Gasteiger partial charge in [-0.25, -0.2) is 9.98 Å². The molecule has 0 atom stereocenters. The molecule has 1 heterocycles. The molecule has 1 aromatic heterocycles. The second-order valence-electron chi connectivity index (χ2n) is 5.74. The summed E-state index contributed by atoms with van der Waals surface area (Å²) in [6.07, 6.45) is 2.97. The summed E-state index contributed by atoms with van der Waals surface area (Å²) in [6.45, 7) is 10.8. The van der Waals surface area contributed by atoms with E-state index < -0.39 is 0 Å². The number of rotatable bonds is 9. The van der Waals surface area contributed by atoms with Gasteiger partial charge in [-0.05, 0) is 39.3 Å². The predicted octanol–water partition coefficient (Wildman–Crippen LogP) is 3.42. The molecule has 0 fully saturated rings. The van der Waals surface area contributed by atoms with Crippen LogP contribution in [0.15, 0.2) is 41.5 Å². The van der Waals surface area contributed by atoms with Crippen molar-refractivity contribution in [2.45, 2.75) is 33.7 Å². The van der Waals surface area contributed by atoms with Crippen LogP contribution in [0.3, 0.4) is 0 Å². The highest BCUT2D eigenvalue weighted by Crippen LogP contribution is 2.13. The molecule has 6 heteroatoms. The van der Waals surface area contributed by atoms with Crippen molar-refractivity contribution in [1.29, 1.82) is 0 Å². The first kappa shape index (κ1) is 19.2. The molecule has 0 aliphatic heterocycles. The maximum absolute atomic E-state index is 4.64. The average Bonchev–Trinajstić information content (AvgIpc) is 3.05. The van der Waals surface area contributed by atoms with E-state index in [0.29, 0.717) is 6.54 Å². The summed E-state index contributed by atoms with van der Waals surface area (Å²) >= 11 is 1.70. The zero-order valence-electron chi connectivity index (χ0n) is 15.5. The Balaban J connectivity index is 1.78. The Morgan fingerprint density at radius 3 is 2.64 bits per heavy atom. The molecule has 2 N–H and O–H groups in total. The SMILES string of the molecule is CCNC(=NCc1cnc(C)s1)NCCCN(CC)c1ccccc1. The summed E-state index contributed by atoms with van der Waals surface area (Å²) in [5, 5.41) is 7.81. The van der Waals surface area contributed by atoms with Gasteiger partial charge in [0.25, 0.3) is 0 Å². The lowest BCUT2D eigenvalue weighted by Gasteiger charge is -2.23. The number of hydrogen-bond donors (Lipinski definition) is 2. The predicted molar refractivity (Wildman–Crippen MR) is 109 cm³/mol. The van der Waals surface area contributed by atoms with Crippen LogP contribution in [0.2, 0.25) is 0 Å². The van der Waals surface area contributed by atoms with Gasteiger partial charge >= 0.3 is 0 Å². The molecule has 136 valence electrons. The average molecular weight is 360 g/mol. The fraction of sp³-hybridized carbons (Fsp3) is 0.474. The normalized spacial score (nSPS) is 11.4. The van der Waals surface area contributed by atoms with Gasteiger partial charge in [-0.2, -0.15) is 0 Å². The summed E-state index contributed by atoms with van der Waals surface area (Å²) in [6, 6.07) is 10.6. The molecule has 0 unspecified atom stereocenters. The highest BCUT2D eigenvalue weighted by molar-refractivity contribution is 7.11. The summed E-state index contributed by atoms with van der Waals surface area (Å²) in [5.41, 5.74) is 1.28. The smallest absolute Gasteiger partial charge is 0.191 e. The highest BCUT2D eigenvalue weighted by Gasteiger charge is 2.04. The monoisotopic (exact) mass is 359 g/mol. The third-order valence-electron chi connectivity index (χ3n) is 3.81. The fourth-order valence-corrected chi connectivity index (χ4v) is 3.28. The van der Waals surface area contributed by atoms with Gasteiger partial charge in [0.05, 0.1) is 11.6 Å². The molecule has 0 saturated heterocycles. The maximum atomic E-state index is 4.64. The van der Waals surface area contributed by atoms with Gasteiger partial charge in [0.1, 0.15) is 0 Å². The van der Waals surface area contributed by atoms with Crippen LogP contribution in [0.25, 0.3) is 0 Å². The molecular formula is C19H29N5S. The number of anilines is 1. The van der Waals surface area contributed by atoms with E-state index in [1.54, 1.807) is 11.3 Å². The molecular weight excluding hydrogens is 330 g/mol. The first-order chi connectivity index (χ1) is 12.2. The lowest BCUT2D eigenvalue weighted by Crippen LogP contribution is -2.38. The van der Waals surface area contributed by atoms with Crippen molar-refractivity contribution >= 4 is 23.0 Å². The number of para-hydroxylation sites is 1. The number of benzene rings is 1. The van der Waals surface area contributed by atoms with Crippen LogP contribution in [-0.4, -0.2) is 37.1 Å². The van der Waals surface area contributed by atoms with Crippen molar-refractivity contribution in [2.24, 2.45) is 4.99 Å². The fourth-order valence-electron chi connectivity index (χ4n) is 2.56. The Morgan fingerprint density at radius 2 is 2.00 bits per heavy atom. The van der Waals surface area contributed by atoms with Crippen LogP contribution in [0.4, 0.5) is 5.69 Å². The molecule has 0 aliphatic rings. The minimum atomic E-state index is 0.673. The van der Waals surface area contributed by atoms with Gasteiger partial charge in [0.2, 0.25) is 0 Å². The Morgan fingerprint density at radius 1 is 1.20 bits per heavy atom. The van der Waals surface area contributed by atoms with Gasteiger partial charge in [-0.3, -0.25) is 0 Å². The number of aliphatic imine (C=N–C) groups is 1. The molecule has 0 amide bonds. The standard InChI is InChI=1S/C19H29N5S/c1-4-20-19(23-15-18-14-22-16(3)25-18)21-12-9-13-24(5-2)17-10-7-6-8-11-17/h6-8,10-11,14H,4-5,9,12-13,15H2,1-3H3,(H2,20,21,23). The van der Waals surface area contributed by atoms with Gasteiger partial charge in [0, 0.05) is 42.9 Å². The van der Waals surface area contributed by atoms with Crippen LogP contribution >= 0.6 is 11.3 Å². The lowest BCUT2D eigenvalue weighted by atomic mass is 10.2. The number of aryl methyl sites for hydroxylation is 1. The summed E-state index contributed by atoms with van der Waals surface area (Å²) < 4.78 is 0. The number of aromatic nitrogens is 1. The first-order valence-electron chi connectivity index (χ1n) is 8.96. The number of nitrogens with one attached hydrogen (secondary N) is 2. The molecule has 25 heavy (non-hydrogen) atoms. The van der Waals surface area contributed by atoms with Crippen molar-refractivity contribution in [2.75, 3.05) is 31.1 Å². The maximum Gasteiger partial charge on any atom is 0.191 e. The Kier molecular flexibility index (Phi) is 8.25. The van der Waals surface area contributed by atoms with Crippen LogP contribution in [0.5, 0.6) is 0 Å². The number of guanidine groups is 1. The number of hydrogen-bond acceptors (Lipinski definition) is 4. The summed E-state index contributed by atoms with van der Waals surface area (Å²) in [5.74, 6) is 0.872. The topological polar surface area (TPSA) is 52.6 Å². The Bertz CT molecular complexity index is 638. The van der Waals surface area contributed by atoms with E-state index in [4.69, 9.17) is 0 Å². The Labute approximate surface area is 155 Å². The molecule has 0 aliphatic carbocycles. The molecule has 1 aromatic carbocycles. The van der Waals surface area contributed by atoms with E-state index in [0.717, 1.165) is 43.6 Å². The van der Waals surface area contributed by atoms with Gasteiger partial charge in [0.15, 0.2) is 5.96 Å². The van der Waals surface area contributed by atoms with E-state index in [1.807, 2.05) is 13.1 Å². The molecule has 0 saturated carbocycles.